The summed E-state index contributed by atoms with van der Waals surface area (Å²) < 4.78 is 43.2. The van der Waals surface area contributed by atoms with E-state index in [1.807, 2.05) is 0 Å². The van der Waals surface area contributed by atoms with Gasteiger partial charge in [-0.15, -0.1) is 0 Å². The van der Waals surface area contributed by atoms with Crippen LogP contribution in [-0.2, 0) is 24.5 Å². The van der Waals surface area contributed by atoms with Gasteiger partial charge in [0.05, 0.1) is 5.69 Å². The minimum Gasteiger partial charge on any atom is -0.385 e. The molecule has 0 amide bonds. The molecule has 17 heavy (non-hydrogen) atoms. The number of ether oxygens (including phenoxy) is 1. The molecule has 0 spiro atoms. The minimum absolute atomic E-state index is 0.364. The topological polar surface area (TPSA) is 39.1 Å². The van der Waals surface area contributed by atoms with Crippen LogP contribution in [0.1, 0.15) is 17.8 Å². The van der Waals surface area contributed by atoms with Crippen LogP contribution >= 0.6 is 0 Å². The molecule has 0 aliphatic heterocycles. The molecule has 98 valence electrons. The number of alkyl halides is 3. The predicted octanol–water partition coefficient (Wildman–Crippen LogP) is 1.56. The van der Waals surface area contributed by atoms with Gasteiger partial charge in [-0.25, -0.2) is 0 Å². The molecule has 0 atom stereocenters. The summed E-state index contributed by atoms with van der Waals surface area (Å²) in [6, 6.07) is 1.06. The average molecular weight is 251 g/mol. The monoisotopic (exact) mass is 251 g/mol. The van der Waals surface area contributed by atoms with Gasteiger partial charge in [0.2, 0.25) is 0 Å². The molecular weight excluding hydrogens is 235 g/mol. The summed E-state index contributed by atoms with van der Waals surface area (Å²) in [5.74, 6) is 0. The van der Waals surface area contributed by atoms with Crippen LogP contribution in [0.5, 0.6) is 0 Å². The van der Waals surface area contributed by atoms with Gasteiger partial charge in [-0.05, 0) is 19.0 Å². The first kappa shape index (κ1) is 14.0. The van der Waals surface area contributed by atoms with Crippen LogP contribution in [0.3, 0.4) is 0 Å². The zero-order valence-corrected chi connectivity index (χ0v) is 9.84. The number of nitrogens with zero attached hydrogens (tertiary/aromatic N) is 2. The fourth-order valence-corrected chi connectivity index (χ4v) is 1.37. The Hall–Kier alpha value is -1.08. The molecule has 0 radical (unpaired) electrons. The van der Waals surface area contributed by atoms with Gasteiger partial charge in [-0.3, -0.25) is 4.68 Å². The Kier molecular flexibility index (Phi) is 4.95. The number of aryl methyl sites for hydroxylation is 1. The van der Waals surface area contributed by atoms with Gasteiger partial charge >= 0.3 is 6.18 Å². The molecule has 0 saturated heterocycles. The van der Waals surface area contributed by atoms with Gasteiger partial charge < -0.3 is 10.1 Å². The zero-order chi connectivity index (χ0) is 12.9. The number of nitrogens with one attached hydrogen (secondary N) is 1. The maximum Gasteiger partial charge on any atom is 0.435 e. The SMILES string of the molecule is COCCCNCc1cc(C(F)(F)F)nn1C. The highest BCUT2D eigenvalue weighted by Crippen LogP contribution is 2.28. The first-order valence-electron chi connectivity index (χ1n) is 5.25. The molecule has 1 aromatic heterocycles. The number of aromatic nitrogens is 2. The van der Waals surface area contributed by atoms with Crippen LogP contribution in [-0.4, -0.2) is 30.0 Å². The Bertz CT molecular complexity index is 349. The third-order valence-electron chi connectivity index (χ3n) is 2.28. The number of hydrogen-bond acceptors (Lipinski definition) is 3. The number of hydrogen-bond donors (Lipinski definition) is 1. The summed E-state index contributed by atoms with van der Waals surface area (Å²) in [7, 11) is 3.11. The first-order valence-corrected chi connectivity index (χ1v) is 5.25. The van der Waals surface area contributed by atoms with Crippen molar-refractivity contribution in [2.24, 2.45) is 7.05 Å². The van der Waals surface area contributed by atoms with E-state index in [1.54, 1.807) is 7.11 Å². The van der Waals surface area contributed by atoms with Crippen LogP contribution < -0.4 is 5.32 Å². The predicted molar refractivity (Wildman–Crippen MR) is 56.4 cm³/mol. The molecule has 0 aromatic carbocycles. The summed E-state index contributed by atoms with van der Waals surface area (Å²) in [5, 5.41) is 6.46. The van der Waals surface area contributed by atoms with Gasteiger partial charge in [0.25, 0.3) is 0 Å². The van der Waals surface area contributed by atoms with Crippen molar-refractivity contribution in [2.75, 3.05) is 20.3 Å². The Morgan fingerprint density at radius 2 is 2.18 bits per heavy atom. The second-order valence-corrected chi connectivity index (χ2v) is 3.67. The third kappa shape index (κ3) is 4.35. The number of methoxy groups -OCH3 is 1. The van der Waals surface area contributed by atoms with Gasteiger partial charge in [-0.1, -0.05) is 0 Å². The van der Waals surface area contributed by atoms with Gasteiger partial charge in [0.1, 0.15) is 0 Å². The average Bonchev–Trinajstić information content (AvgIpc) is 2.60. The summed E-state index contributed by atoms with van der Waals surface area (Å²) in [6.07, 6.45) is -3.56. The van der Waals surface area contributed by atoms with E-state index in [-0.39, 0.29) is 0 Å². The fraction of sp³-hybridized carbons (Fsp3) is 0.700. The van der Waals surface area contributed by atoms with Crippen LogP contribution in [0.2, 0.25) is 0 Å². The maximum atomic E-state index is 12.4. The molecule has 0 fully saturated rings. The van der Waals surface area contributed by atoms with Crippen molar-refractivity contribution in [2.45, 2.75) is 19.1 Å². The molecule has 1 N–H and O–H groups in total. The lowest BCUT2D eigenvalue weighted by atomic mass is 10.3. The van der Waals surface area contributed by atoms with E-state index in [4.69, 9.17) is 4.74 Å². The highest BCUT2D eigenvalue weighted by Gasteiger charge is 2.34. The zero-order valence-electron chi connectivity index (χ0n) is 9.84. The second-order valence-electron chi connectivity index (χ2n) is 3.67. The van der Waals surface area contributed by atoms with E-state index in [2.05, 4.69) is 10.4 Å². The molecule has 0 saturated carbocycles. The quantitative estimate of drug-likeness (QED) is 0.780. The Labute approximate surface area is 97.8 Å². The van der Waals surface area contributed by atoms with Crippen molar-refractivity contribution >= 4 is 0 Å². The lowest BCUT2D eigenvalue weighted by molar-refractivity contribution is -0.141. The van der Waals surface area contributed by atoms with Gasteiger partial charge in [0.15, 0.2) is 5.69 Å². The molecule has 0 aliphatic rings. The van der Waals surface area contributed by atoms with Crippen LogP contribution in [0.4, 0.5) is 13.2 Å². The molecule has 0 unspecified atom stereocenters. The van der Waals surface area contributed by atoms with E-state index < -0.39 is 11.9 Å². The van der Waals surface area contributed by atoms with Crippen molar-refractivity contribution in [1.82, 2.24) is 15.1 Å². The standard InChI is InChI=1S/C10H16F3N3O/c1-16-8(7-14-4-3-5-17-2)6-9(15-16)10(11,12)13/h6,14H,3-5,7H2,1-2H3. The van der Waals surface area contributed by atoms with Crippen molar-refractivity contribution in [3.63, 3.8) is 0 Å². The first-order chi connectivity index (χ1) is 7.95. The smallest absolute Gasteiger partial charge is 0.385 e. The second kappa shape index (κ2) is 6.02. The van der Waals surface area contributed by atoms with Gasteiger partial charge in [-0.2, -0.15) is 18.3 Å². The van der Waals surface area contributed by atoms with Crippen molar-refractivity contribution in [3.8, 4) is 0 Å². The van der Waals surface area contributed by atoms with E-state index in [0.29, 0.717) is 25.4 Å². The Morgan fingerprint density at radius 1 is 1.47 bits per heavy atom. The van der Waals surface area contributed by atoms with Crippen LogP contribution in [0, 0.1) is 0 Å². The van der Waals surface area contributed by atoms with Gasteiger partial charge in [0, 0.05) is 27.3 Å². The third-order valence-corrected chi connectivity index (χ3v) is 2.28. The van der Waals surface area contributed by atoms with Crippen molar-refractivity contribution in [3.05, 3.63) is 17.5 Å². The van der Waals surface area contributed by atoms with E-state index in [1.165, 1.54) is 11.7 Å². The maximum absolute atomic E-state index is 12.4. The molecule has 7 heteroatoms. The molecule has 1 rings (SSSR count). The molecule has 4 nitrogen and oxygen atoms in total. The lowest BCUT2D eigenvalue weighted by Gasteiger charge is -2.04. The summed E-state index contributed by atoms with van der Waals surface area (Å²) >= 11 is 0. The molecule has 0 bridgehead atoms. The highest BCUT2D eigenvalue weighted by molar-refractivity contribution is 5.12. The van der Waals surface area contributed by atoms with Crippen LogP contribution in [0.15, 0.2) is 6.07 Å². The van der Waals surface area contributed by atoms with E-state index in [0.717, 1.165) is 12.5 Å². The molecular formula is C10H16F3N3O. The molecule has 1 heterocycles. The minimum atomic E-state index is -4.38. The molecule has 1 aromatic rings. The lowest BCUT2D eigenvalue weighted by Crippen LogP contribution is -2.18. The van der Waals surface area contributed by atoms with Crippen molar-refractivity contribution < 1.29 is 17.9 Å². The number of halogens is 3. The fourth-order valence-electron chi connectivity index (χ4n) is 1.37. The summed E-state index contributed by atoms with van der Waals surface area (Å²) in [4.78, 5) is 0. The van der Waals surface area contributed by atoms with Crippen LogP contribution in [0.25, 0.3) is 0 Å². The highest BCUT2D eigenvalue weighted by atomic mass is 19.4. The van der Waals surface area contributed by atoms with E-state index in [9.17, 15) is 13.2 Å². The van der Waals surface area contributed by atoms with Crippen molar-refractivity contribution in [1.29, 1.82) is 0 Å². The largest absolute Gasteiger partial charge is 0.435 e. The number of rotatable bonds is 6. The summed E-state index contributed by atoms with van der Waals surface area (Å²) in [6.45, 7) is 1.69. The normalized spacial score (nSPS) is 12.1. The Morgan fingerprint density at radius 3 is 2.71 bits per heavy atom. The van der Waals surface area contributed by atoms with E-state index >= 15 is 0 Å². The Balaban J connectivity index is 2.46. The summed E-state index contributed by atoms with van der Waals surface area (Å²) in [5.41, 5.74) is -0.344. The molecule has 0 aliphatic carbocycles.